The van der Waals surface area contributed by atoms with Crippen LogP contribution in [0, 0.1) is 5.92 Å². The number of hydrogen-bond donors (Lipinski definition) is 2. The first-order chi connectivity index (χ1) is 8.90. The fourth-order valence-corrected chi connectivity index (χ4v) is 1.83. The van der Waals surface area contributed by atoms with Crippen LogP contribution in [-0.2, 0) is 16.1 Å². The van der Waals surface area contributed by atoms with E-state index < -0.39 is 12.0 Å². The van der Waals surface area contributed by atoms with Crippen LogP contribution < -0.4 is 11.1 Å². The molecule has 19 heavy (non-hydrogen) atoms. The standard InChI is InChI=1S/C13H21N3O3/c1-5-16-7-9(14)6-10(16)12(17)15-11(8(2)3)13(18)19-4/h6-8,11H,5,14H2,1-4H3,(H,15,17). The van der Waals surface area contributed by atoms with Gasteiger partial charge < -0.3 is 20.4 Å². The Bertz CT molecular complexity index is 466. The number of hydrogen-bond acceptors (Lipinski definition) is 4. The Morgan fingerprint density at radius 3 is 2.58 bits per heavy atom. The molecule has 0 aliphatic carbocycles. The third-order valence-electron chi connectivity index (χ3n) is 2.90. The van der Waals surface area contributed by atoms with Crippen LogP contribution in [0.4, 0.5) is 5.69 Å². The molecule has 1 heterocycles. The Kier molecular flexibility index (Phi) is 4.97. The van der Waals surface area contributed by atoms with Crippen molar-refractivity contribution in [1.29, 1.82) is 0 Å². The summed E-state index contributed by atoms with van der Waals surface area (Å²) in [5.74, 6) is -0.840. The Morgan fingerprint density at radius 1 is 1.47 bits per heavy atom. The van der Waals surface area contributed by atoms with Crippen molar-refractivity contribution in [2.45, 2.75) is 33.4 Å². The SMILES string of the molecule is CCn1cc(N)cc1C(=O)NC(C(=O)OC)C(C)C. The Morgan fingerprint density at radius 2 is 2.11 bits per heavy atom. The second-order valence-electron chi connectivity index (χ2n) is 4.66. The summed E-state index contributed by atoms with van der Waals surface area (Å²) in [4.78, 5) is 23.8. The molecule has 0 aliphatic heterocycles. The minimum Gasteiger partial charge on any atom is -0.467 e. The molecular formula is C13H21N3O3. The van der Waals surface area contributed by atoms with Crippen molar-refractivity contribution < 1.29 is 14.3 Å². The number of esters is 1. The van der Waals surface area contributed by atoms with Gasteiger partial charge in [-0.2, -0.15) is 0 Å². The number of carbonyl (C=O) groups is 2. The molecule has 3 N–H and O–H groups in total. The quantitative estimate of drug-likeness (QED) is 0.780. The number of nitrogens with zero attached hydrogens (tertiary/aromatic N) is 1. The van der Waals surface area contributed by atoms with Crippen molar-refractivity contribution in [2.24, 2.45) is 5.92 Å². The minimum absolute atomic E-state index is 0.0567. The third-order valence-corrected chi connectivity index (χ3v) is 2.90. The van der Waals surface area contributed by atoms with Gasteiger partial charge in [0.25, 0.3) is 5.91 Å². The molecule has 1 aromatic rings. The molecule has 0 saturated carbocycles. The molecule has 1 atom stereocenters. The number of rotatable bonds is 5. The summed E-state index contributed by atoms with van der Waals surface area (Å²) in [6.45, 7) is 6.23. The molecule has 6 heteroatoms. The summed E-state index contributed by atoms with van der Waals surface area (Å²) in [5, 5.41) is 2.68. The van der Waals surface area contributed by atoms with E-state index in [2.05, 4.69) is 10.1 Å². The number of carbonyl (C=O) groups excluding carboxylic acids is 2. The van der Waals surface area contributed by atoms with E-state index in [1.807, 2.05) is 20.8 Å². The average Bonchev–Trinajstić information content (AvgIpc) is 2.75. The number of nitrogens with two attached hydrogens (primary N) is 1. The zero-order valence-corrected chi connectivity index (χ0v) is 11.8. The number of methoxy groups -OCH3 is 1. The van der Waals surface area contributed by atoms with E-state index in [1.165, 1.54) is 7.11 Å². The van der Waals surface area contributed by atoms with Crippen molar-refractivity contribution in [3.63, 3.8) is 0 Å². The van der Waals surface area contributed by atoms with E-state index >= 15 is 0 Å². The second kappa shape index (κ2) is 6.26. The lowest BCUT2D eigenvalue weighted by atomic mass is 10.0. The van der Waals surface area contributed by atoms with Gasteiger partial charge in [-0.15, -0.1) is 0 Å². The van der Waals surface area contributed by atoms with Crippen LogP contribution in [-0.4, -0.2) is 29.6 Å². The smallest absolute Gasteiger partial charge is 0.328 e. The molecule has 0 bridgehead atoms. The van der Waals surface area contributed by atoms with Gasteiger partial charge >= 0.3 is 5.97 Å². The van der Waals surface area contributed by atoms with Crippen LogP contribution in [0.5, 0.6) is 0 Å². The molecular weight excluding hydrogens is 246 g/mol. The molecule has 0 fully saturated rings. The highest BCUT2D eigenvalue weighted by Crippen LogP contribution is 2.12. The van der Waals surface area contributed by atoms with Crippen LogP contribution in [0.15, 0.2) is 12.3 Å². The van der Waals surface area contributed by atoms with E-state index in [1.54, 1.807) is 16.8 Å². The lowest BCUT2D eigenvalue weighted by Crippen LogP contribution is -2.45. The Hall–Kier alpha value is -1.98. The maximum atomic E-state index is 12.2. The van der Waals surface area contributed by atoms with Crippen molar-refractivity contribution in [2.75, 3.05) is 12.8 Å². The largest absolute Gasteiger partial charge is 0.467 e. The van der Waals surface area contributed by atoms with Gasteiger partial charge in [-0.25, -0.2) is 4.79 Å². The Balaban J connectivity index is 2.90. The van der Waals surface area contributed by atoms with E-state index in [0.29, 0.717) is 17.9 Å². The molecule has 0 aromatic carbocycles. The van der Waals surface area contributed by atoms with Crippen LogP contribution in [0.25, 0.3) is 0 Å². The Labute approximate surface area is 112 Å². The molecule has 0 saturated heterocycles. The highest BCUT2D eigenvalue weighted by molar-refractivity contribution is 5.96. The van der Waals surface area contributed by atoms with E-state index in [-0.39, 0.29) is 11.8 Å². The summed E-state index contributed by atoms with van der Waals surface area (Å²) < 4.78 is 6.42. The molecule has 1 aromatic heterocycles. The summed E-state index contributed by atoms with van der Waals surface area (Å²) in [5.41, 5.74) is 6.64. The van der Waals surface area contributed by atoms with E-state index in [4.69, 9.17) is 5.73 Å². The summed E-state index contributed by atoms with van der Waals surface area (Å²) in [6.07, 6.45) is 1.69. The molecule has 106 valence electrons. The van der Waals surface area contributed by atoms with Gasteiger partial charge in [0.05, 0.1) is 12.8 Å². The molecule has 1 amide bonds. The number of anilines is 1. The first-order valence-electron chi connectivity index (χ1n) is 6.25. The first-order valence-corrected chi connectivity index (χ1v) is 6.25. The molecule has 6 nitrogen and oxygen atoms in total. The predicted molar refractivity (Wildman–Crippen MR) is 72.6 cm³/mol. The van der Waals surface area contributed by atoms with Crippen LogP contribution in [0.2, 0.25) is 0 Å². The maximum Gasteiger partial charge on any atom is 0.328 e. The van der Waals surface area contributed by atoms with Gasteiger partial charge in [-0.1, -0.05) is 13.8 Å². The predicted octanol–water partition coefficient (Wildman–Crippen LogP) is 1.02. The highest BCUT2D eigenvalue weighted by Gasteiger charge is 2.26. The third kappa shape index (κ3) is 3.49. The highest BCUT2D eigenvalue weighted by atomic mass is 16.5. The number of amides is 1. The molecule has 0 aliphatic rings. The van der Waals surface area contributed by atoms with Crippen LogP contribution >= 0.6 is 0 Å². The summed E-state index contributed by atoms with van der Waals surface area (Å²) >= 11 is 0. The number of nitrogens with one attached hydrogen (secondary N) is 1. The normalized spacial score (nSPS) is 12.3. The first kappa shape index (κ1) is 15.1. The lowest BCUT2D eigenvalue weighted by molar-refractivity contribution is -0.144. The minimum atomic E-state index is -0.668. The maximum absolute atomic E-state index is 12.2. The van der Waals surface area contributed by atoms with E-state index in [0.717, 1.165) is 0 Å². The van der Waals surface area contributed by atoms with Gasteiger partial charge in [0, 0.05) is 12.7 Å². The topological polar surface area (TPSA) is 86.4 Å². The van der Waals surface area contributed by atoms with Crippen molar-refractivity contribution in [3.8, 4) is 0 Å². The average molecular weight is 267 g/mol. The van der Waals surface area contributed by atoms with Crippen molar-refractivity contribution >= 4 is 17.6 Å². The molecule has 0 spiro atoms. The van der Waals surface area contributed by atoms with Gasteiger partial charge in [0.15, 0.2) is 0 Å². The van der Waals surface area contributed by atoms with Gasteiger partial charge in [0.2, 0.25) is 0 Å². The molecule has 1 rings (SSSR count). The van der Waals surface area contributed by atoms with Gasteiger partial charge in [-0.3, -0.25) is 4.79 Å². The number of nitrogen functional groups attached to an aromatic ring is 1. The molecule has 0 radical (unpaired) electrons. The lowest BCUT2D eigenvalue weighted by Gasteiger charge is -2.20. The van der Waals surface area contributed by atoms with Gasteiger partial charge in [-0.05, 0) is 18.9 Å². The number of ether oxygens (including phenoxy) is 1. The van der Waals surface area contributed by atoms with Crippen molar-refractivity contribution in [3.05, 3.63) is 18.0 Å². The fourth-order valence-electron chi connectivity index (χ4n) is 1.83. The van der Waals surface area contributed by atoms with Crippen LogP contribution in [0.1, 0.15) is 31.3 Å². The van der Waals surface area contributed by atoms with Gasteiger partial charge in [0.1, 0.15) is 11.7 Å². The number of aromatic nitrogens is 1. The molecule has 1 unspecified atom stereocenters. The summed E-state index contributed by atoms with van der Waals surface area (Å²) in [6, 6.07) is 0.923. The van der Waals surface area contributed by atoms with Crippen LogP contribution in [0.3, 0.4) is 0 Å². The second-order valence-corrected chi connectivity index (χ2v) is 4.66. The zero-order chi connectivity index (χ0) is 14.6. The van der Waals surface area contributed by atoms with E-state index in [9.17, 15) is 9.59 Å². The number of aryl methyl sites for hydroxylation is 1. The zero-order valence-electron chi connectivity index (χ0n) is 11.8. The summed E-state index contributed by atoms with van der Waals surface area (Å²) in [7, 11) is 1.30. The fraction of sp³-hybridized carbons (Fsp3) is 0.538. The monoisotopic (exact) mass is 267 g/mol. The van der Waals surface area contributed by atoms with Crippen molar-refractivity contribution in [1.82, 2.24) is 9.88 Å².